The molecule has 0 spiro atoms. The van der Waals surface area contributed by atoms with Gasteiger partial charge in [0, 0.05) is 79.7 Å². The van der Waals surface area contributed by atoms with Crippen molar-refractivity contribution in [1.82, 2.24) is 30.0 Å². The van der Waals surface area contributed by atoms with Crippen LogP contribution in [0.3, 0.4) is 0 Å². The number of piperazine rings is 1. The molecule has 58 heavy (non-hydrogen) atoms. The highest BCUT2D eigenvalue weighted by Crippen LogP contribution is 2.42. The molecule has 3 N–H and O–H groups in total. The molecule has 3 aliphatic heterocycles. The van der Waals surface area contributed by atoms with Crippen LogP contribution in [0, 0.1) is 0 Å². The van der Waals surface area contributed by atoms with Gasteiger partial charge in [0.2, 0.25) is 17.8 Å². The topological polar surface area (TPSA) is 184 Å². The zero-order valence-electron chi connectivity index (χ0n) is 32.2. The number of amides is 4. The van der Waals surface area contributed by atoms with Gasteiger partial charge in [-0.05, 0) is 56.1 Å². The Labute approximate surface area is 338 Å². The molecule has 16 nitrogen and oxygen atoms in total. The van der Waals surface area contributed by atoms with Crippen molar-refractivity contribution in [1.29, 1.82) is 0 Å². The van der Waals surface area contributed by atoms with E-state index in [4.69, 9.17) is 16.3 Å². The predicted molar refractivity (Wildman–Crippen MR) is 222 cm³/mol. The first-order chi connectivity index (χ1) is 27.8. The number of ether oxygens (including phenoxy) is 1. The number of piperidine rings is 1. The van der Waals surface area contributed by atoms with Gasteiger partial charge in [0.15, 0.2) is 5.82 Å². The molecular formula is C40H40ClN10O6P. The standard InChI is InChI=1S/C40H40ClN10O6P/c1-48-22-23(20-43-48)26-18-30(45-40-42-21-28(41)36(47-40)44-29-7-5-6-8-34(29)58(3,4)56)33(57-2)19-32(26)50-15-13-49(14-16-50)24-9-10-25-27(17-24)39(55)51(38(25)54)31-11-12-35(52)46-37(31)53/h5-10,17-22,31H,11-16H2,1-4H3,(H,46,52,53)(H2,42,44,45,47). The summed E-state index contributed by atoms with van der Waals surface area (Å²) in [6.07, 6.45) is 5.38. The van der Waals surface area contributed by atoms with Crippen molar-refractivity contribution >= 4 is 82.2 Å². The number of imide groups is 2. The SMILES string of the molecule is COc1cc(N2CCN(c3ccc4c(c3)C(=O)N(C3CCC(=O)NC3=O)C4=O)CC2)c(-c2cnn(C)c2)cc1Nc1ncc(Cl)c(Nc2ccccc2P(C)(C)=O)n1. The van der Waals surface area contributed by atoms with Crippen LogP contribution >= 0.6 is 18.7 Å². The highest BCUT2D eigenvalue weighted by molar-refractivity contribution is 7.70. The Morgan fingerprint density at radius 1 is 0.879 bits per heavy atom. The zero-order chi connectivity index (χ0) is 40.9. The Hall–Kier alpha value is -6.25. The lowest BCUT2D eigenvalue weighted by molar-refractivity contribution is -0.136. The van der Waals surface area contributed by atoms with Gasteiger partial charge in [-0.1, -0.05) is 23.7 Å². The summed E-state index contributed by atoms with van der Waals surface area (Å²) >= 11 is 6.54. The number of nitrogens with one attached hydrogen (secondary N) is 3. The number of nitrogens with zero attached hydrogens (tertiary/aromatic N) is 7. The minimum absolute atomic E-state index is 0.0584. The van der Waals surface area contributed by atoms with E-state index in [0.29, 0.717) is 54.4 Å². The number of fused-ring (bicyclic) bond motifs is 1. The maximum atomic E-state index is 13.5. The minimum Gasteiger partial charge on any atom is -0.494 e. The second-order valence-corrected chi connectivity index (χ2v) is 18.2. The van der Waals surface area contributed by atoms with E-state index < -0.39 is 36.8 Å². The van der Waals surface area contributed by atoms with Crippen LogP contribution in [0.4, 0.5) is 34.5 Å². The largest absolute Gasteiger partial charge is 0.494 e. The third kappa shape index (κ3) is 7.36. The first-order valence-electron chi connectivity index (χ1n) is 18.6. The molecule has 1 atom stereocenters. The number of para-hydroxylation sites is 1. The number of benzene rings is 3. The lowest BCUT2D eigenvalue weighted by Crippen LogP contribution is -2.54. The smallest absolute Gasteiger partial charge is 0.262 e. The highest BCUT2D eigenvalue weighted by Gasteiger charge is 2.45. The monoisotopic (exact) mass is 822 g/mol. The number of aromatic nitrogens is 4. The molecule has 3 aromatic carbocycles. The quantitative estimate of drug-likeness (QED) is 0.127. The number of hydrogen-bond acceptors (Lipinski definition) is 13. The molecule has 1 unspecified atom stereocenters. The Kier molecular flexibility index (Phi) is 10.2. The molecule has 2 saturated heterocycles. The van der Waals surface area contributed by atoms with Gasteiger partial charge in [-0.15, -0.1) is 0 Å². The third-order valence-corrected chi connectivity index (χ3v) is 12.3. The molecular weight excluding hydrogens is 783 g/mol. The van der Waals surface area contributed by atoms with Gasteiger partial charge in [0.05, 0.1) is 42.0 Å². The first-order valence-corrected chi connectivity index (χ1v) is 21.5. The van der Waals surface area contributed by atoms with E-state index in [9.17, 15) is 23.7 Å². The number of carbonyl (C=O) groups is 4. The van der Waals surface area contributed by atoms with Crippen LogP contribution in [-0.4, -0.2) is 101 Å². The fourth-order valence-electron chi connectivity index (χ4n) is 7.56. The summed E-state index contributed by atoms with van der Waals surface area (Å²) in [5.74, 6) is -0.990. The van der Waals surface area contributed by atoms with E-state index >= 15 is 0 Å². The molecule has 4 amide bonds. The van der Waals surface area contributed by atoms with Crippen LogP contribution in [0.5, 0.6) is 5.75 Å². The molecule has 2 aromatic heterocycles. The Balaban J connectivity index is 1.03. The summed E-state index contributed by atoms with van der Waals surface area (Å²) in [6, 6.07) is 15.4. The number of hydrogen-bond donors (Lipinski definition) is 3. The molecule has 0 bridgehead atoms. The summed E-state index contributed by atoms with van der Waals surface area (Å²) in [7, 11) is 0.836. The highest BCUT2D eigenvalue weighted by atomic mass is 35.5. The van der Waals surface area contributed by atoms with Gasteiger partial charge in [0.1, 0.15) is 24.0 Å². The summed E-state index contributed by atoms with van der Waals surface area (Å²) in [6.45, 7) is 5.87. The van der Waals surface area contributed by atoms with Crippen LogP contribution in [0.25, 0.3) is 11.1 Å². The van der Waals surface area contributed by atoms with Gasteiger partial charge in [-0.3, -0.25) is 34.1 Å². The van der Waals surface area contributed by atoms with Crippen molar-refractivity contribution < 1.29 is 28.5 Å². The van der Waals surface area contributed by atoms with Crippen LogP contribution in [0.2, 0.25) is 5.02 Å². The molecule has 0 radical (unpaired) electrons. The summed E-state index contributed by atoms with van der Waals surface area (Å²) in [5.41, 5.74) is 5.21. The Bertz CT molecular complexity index is 2550. The van der Waals surface area contributed by atoms with Gasteiger partial charge < -0.3 is 29.7 Å². The van der Waals surface area contributed by atoms with E-state index in [1.165, 1.54) is 6.20 Å². The van der Waals surface area contributed by atoms with Crippen molar-refractivity contribution in [3.8, 4) is 16.9 Å². The van der Waals surface area contributed by atoms with E-state index in [2.05, 4.69) is 40.8 Å². The lowest BCUT2D eigenvalue weighted by Gasteiger charge is -2.38. The fraction of sp³-hybridized carbons (Fsp3) is 0.275. The molecule has 298 valence electrons. The maximum Gasteiger partial charge on any atom is 0.262 e. The van der Waals surface area contributed by atoms with Crippen molar-refractivity contribution in [3.63, 3.8) is 0 Å². The van der Waals surface area contributed by atoms with E-state index in [1.54, 1.807) is 43.5 Å². The lowest BCUT2D eigenvalue weighted by atomic mass is 10.0. The van der Waals surface area contributed by atoms with E-state index in [1.807, 2.05) is 55.7 Å². The van der Waals surface area contributed by atoms with Crippen LogP contribution in [-0.2, 0) is 21.2 Å². The number of rotatable bonds is 10. The maximum absolute atomic E-state index is 13.5. The van der Waals surface area contributed by atoms with Crippen LogP contribution in [0.1, 0.15) is 33.6 Å². The van der Waals surface area contributed by atoms with E-state index in [-0.39, 0.29) is 34.9 Å². The Morgan fingerprint density at radius 3 is 2.33 bits per heavy atom. The molecule has 0 aliphatic carbocycles. The van der Waals surface area contributed by atoms with Crippen molar-refractivity contribution in [3.05, 3.63) is 89.3 Å². The third-order valence-electron chi connectivity index (χ3n) is 10.5. The molecule has 5 heterocycles. The molecule has 5 aromatic rings. The average Bonchev–Trinajstić information content (AvgIpc) is 3.75. The molecule has 2 fully saturated rings. The van der Waals surface area contributed by atoms with Crippen LogP contribution in [0.15, 0.2) is 73.2 Å². The zero-order valence-corrected chi connectivity index (χ0v) is 33.8. The summed E-state index contributed by atoms with van der Waals surface area (Å²) < 4.78 is 20.7. The molecule has 0 saturated carbocycles. The first kappa shape index (κ1) is 38.6. The normalized spacial score (nSPS) is 17.1. The Morgan fingerprint density at radius 2 is 1.62 bits per heavy atom. The van der Waals surface area contributed by atoms with Crippen LogP contribution < -0.4 is 35.8 Å². The summed E-state index contributed by atoms with van der Waals surface area (Å²) in [4.78, 5) is 65.5. The molecule has 18 heteroatoms. The van der Waals surface area contributed by atoms with Gasteiger partial charge in [-0.25, -0.2) is 4.98 Å². The fourth-order valence-corrected chi connectivity index (χ4v) is 8.86. The predicted octanol–water partition coefficient (Wildman–Crippen LogP) is 5.00. The average molecular weight is 823 g/mol. The number of anilines is 6. The van der Waals surface area contributed by atoms with Gasteiger partial charge in [-0.2, -0.15) is 10.1 Å². The second-order valence-electron chi connectivity index (χ2n) is 14.6. The number of carbonyl (C=O) groups excluding carboxylic acids is 4. The molecule has 8 rings (SSSR count). The van der Waals surface area contributed by atoms with E-state index in [0.717, 1.165) is 27.4 Å². The van der Waals surface area contributed by atoms with Crippen molar-refractivity contribution in [2.75, 3.05) is 67.1 Å². The van der Waals surface area contributed by atoms with Gasteiger partial charge >= 0.3 is 0 Å². The molecule has 3 aliphatic rings. The van der Waals surface area contributed by atoms with Crippen molar-refractivity contribution in [2.24, 2.45) is 7.05 Å². The summed E-state index contributed by atoms with van der Waals surface area (Å²) in [5, 5.41) is 14.2. The number of aryl methyl sites for hydroxylation is 1. The van der Waals surface area contributed by atoms with Crippen molar-refractivity contribution in [2.45, 2.75) is 18.9 Å². The number of methoxy groups -OCH3 is 1. The number of halogens is 1. The minimum atomic E-state index is -2.61. The second kappa shape index (κ2) is 15.3. The van der Waals surface area contributed by atoms with Gasteiger partial charge in [0.25, 0.3) is 11.8 Å².